The third kappa shape index (κ3) is 12.1. The van der Waals surface area contributed by atoms with Crippen LogP contribution in [0.2, 0.25) is 0 Å². The van der Waals surface area contributed by atoms with Crippen LogP contribution in [0.5, 0.6) is 0 Å². The summed E-state index contributed by atoms with van der Waals surface area (Å²) in [5.74, 6) is -0.632. The summed E-state index contributed by atoms with van der Waals surface area (Å²) in [6.45, 7) is -1.42. The van der Waals surface area contributed by atoms with Gasteiger partial charge in [-0.15, -0.1) is 0 Å². The van der Waals surface area contributed by atoms with Crippen LogP contribution in [0, 0.1) is 10.8 Å². The van der Waals surface area contributed by atoms with Crippen LogP contribution < -0.4 is 0 Å². The van der Waals surface area contributed by atoms with Crippen LogP contribution in [0.25, 0.3) is 62.7 Å². The predicted molar refractivity (Wildman–Crippen MR) is 146 cm³/mol. The minimum atomic E-state index is -1.11. The molecular formula is C20H26N18O4. The fourth-order valence-electron chi connectivity index (χ4n) is 3.60. The number of carbonyl (C=O) groups is 1. The molecule has 22 heteroatoms. The average molecular weight is 583 g/mol. The Kier molecular flexibility index (Phi) is 16.0. The van der Waals surface area contributed by atoms with Crippen molar-refractivity contribution in [3.8, 4) is 0 Å². The first kappa shape index (κ1) is 34.5. The van der Waals surface area contributed by atoms with Gasteiger partial charge in [0.05, 0.1) is 39.1 Å². The molecule has 0 fully saturated rings. The summed E-state index contributed by atoms with van der Waals surface area (Å²) in [4.78, 5) is 28.6. The largest absolute Gasteiger partial charge is 0.465 e. The van der Waals surface area contributed by atoms with Gasteiger partial charge in [-0.1, -0.05) is 36.8 Å². The second kappa shape index (κ2) is 19.5. The fourth-order valence-corrected chi connectivity index (χ4v) is 3.60. The van der Waals surface area contributed by atoms with Crippen molar-refractivity contribution in [2.45, 2.75) is 13.2 Å². The van der Waals surface area contributed by atoms with E-state index in [4.69, 9.17) is 47.4 Å². The van der Waals surface area contributed by atoms with Crippen LogP contribution >= 0.6 is 0 Å². The Balaban J connectivity index is 3.21. The summed E-state index contributed by atoms with van der Waals surface area (Å²) >= 11 is 0. The smallest absolute Gasteiger partial charge is 0.337 e. The van der Waals surface area contributed by atoms with Crippen LogP contribution in [0.3, 0.4) is 0 Å². The fraction of sp³-hybridized carbons (Fsp3) is 0.650. The molecule has 0 aliphatic heterocycles. The quantitative estimate of drug-likeness (QED) is 0.0691. The second-order valence-corrected chi connectivity index (χ2v) is 8.85. The number of nitrogens with zero attached hydrogens (tertiary/aromatic N) is 18. The minimum absolute atomic E-state index is 0.0586. The van der Waals surface area contributed by atoms with Gasteiger partial charge in [0.2, 0.25) is 0 Å². The van der Waals surface area contributed by atoms with E-state index in [9.17, 15) is 4.79 Å². The number of ether oxygens (including phenoxy) is 3. The minimum Gasteiger partial charge on any atom is -0.465 e. The van der Waals surface area contributed by atoms with Gasteiger partial charge in [-0.2, -0.15) is 0 Å². The maximum Gasteiger partial charge on any atom is 0.337 e. The molecule has 0 atom stereocenters. The molecule has 0 spiro atoms. The van der Waals surface area contributed by atoms with Crippen molar-refractivity contribution in [2.75, 3.05) is 59.6 Å². The van der Waals surface area contributed by atoms with E-state index in [1.807, 2.05) is 0 Å². The van der Waals surface area contributed by atoms with Crippen molar-refractivity contribution in [3.63, 3.8) is 0 Å². The highest BCUT2D eigenvalue weighted by molar-refractivity contribution is 5.89. The highest BCUT2D eigenvalue weighted by atomic mass is 16.5. The molecule has 0 saturated heterocycles. The van der Waals surface area contributed by atoms with Gasteiger partial charge in [0.1, 0.15) is 0 Å². The van der Waals surface area contributed by atoms with Crippen molar-refractivity contribution in [2.24, 2.45) is 41.5 Å². The molecule has 22 nitrogen and oxygen atoms in total. The van der Waals surface area contributed by atoms with Gasteiger partial charge in [-0.3, -0.25) is 0 Å². The summed E-state index contributed by atoms with van der Waals surface area (Å²) in [6.07, 6.45) is 0. The van der Waals surface area contributed by atoms with E-state index in [1.54, 1.807) is 6.07 Å². The summed E-state index contributed by atoms with van der Waals surface area (Å²) in [5.41, 5.74) is 51.6. The Bertz CT molecular complexity index is 1170. The molecule has 0 unspecified atom stereocenters. The molecular weight excluding hydrogens is 556 g/mol. The molecule has 0 amide bonds. The van der Waals surface area contributed by atoms with Crippen LogP contribution in [0.1, 0.15) is 21.5 Å². The molecule has 220 valence electrons. The van der Waals surface area contributed by atoms with Crippen molar-refractivity contribution in [1.82, 2.24) is 0 Å². The first-order valence-corrected chi connectivity index (χ1v) is 11.8. The number of hydrogen-bond acceptors (Lipinski definition) is 10. The SMILES string of the molecule is COC(=O)c1cc(COCC(CN=[N+]=[N-])(CN=[N+]=[N-])CN=[N+]=[N-])cc(COCC(CN=[N+]=[N-])(CN=[N+]=[N-])CN=[N+]=[N-])c1. The molecule has 0 aliphatic carbocycles. The predicted octanol–water partition coefficient (Wildman–Crippen LogP) is 6.34. The van der Waals surface area contributed by atoms with E-state index in [2.05, 4.69) is 60.2 Å². The molecule has 0 N–H and O–H groups in total. The van der Waals surface area contributed by atoms with Crippen molar-refractivity contribution < 1.29 is 19.0 Å². The summed E-state index contributed by atoms with van der Waals surface area (Å²) in [5, 5.41) is 21.1. The zero-order valence-corrected chi connectivity index (χ0v) is 22.5. The van der Waals surface area contributed by atoms with Crippen molar-refractivity contribution in [3.05, 3.63) is 97.5 Å². The lowest BCUT2D eigenvalue weighted by atomic mass is 9.89. The van der Waals surface area contributed by atoms with E-state index in [1.165, 1.54) is 19.2 Å². The summed E-state index contributed by atoms with van der Waals surface area (Å²) < 4.78 is 16.4. The normalized spacial score (nSPS) is 12.6. The van der Waals surface area contributed by atoms with Crippen LogP contribution in [0.15, 0.2) is 48.9 Å². The van der Waals surface area contributed by atoms with Gasteiger partial charge in [0, 0.05) is 79.6 Å². The molecule has 1 aromatic carbocycles. The van der Waals surface area contributed by atoms with Gasteiger partial charge in [-0.25, -0.2) is 4.79 Å². The monoisotopic (exact) mass is 582 g/mol. The zero-order valence-electron chi connectivity index (χ0n) is 22.5. The maximum atomic E-state index is 12.3. The van der Waals surface area contributed by atoms with Crippen LogP contribution in [-0.4, -0.2) is 65.6 Å². The maximum absolute atomic E-state index is 12.3. The third-order valence-electron chi connectivity index (χ3n) is 5.64. The average Bonchev–Trinajstić information content (AvgIpc) is 3.01. The summed E-state index contributed by atoms with van der Waals surface area (Å²) in [7, 11) is 1.21. The molecule has 0 bridgehead atoms. The van der Waals surface area contributed by atoms with E-state index in [-0.39, 0.29) is 71.3 Å². The Morgan fingerprint density at radius 2 is 0.929 bits per heavy atom. The Morgan fingerprint density at radius 3 is 1.19 bits per heavy atom. The molecule has 1 aromatic rings. The number of esters is 1. The van der Waals surface area contributed by atoms with Gasteiger partial charge in [0.15, 0.2) is 0 Å². The van der Waals surface area contributed by atoms with Gasteiger partial charge >= 0.3 is 5.97 Å². The lowest BCUT2D eigenvalue weighted by Crippen LogP contribution is -2.36. The highest BCUT2D eigenvalue weighted by Crippen LogP contribution is 2.24. The van der Waals surface area contributed by atoms with Gasteiger partial charge in [0.25, 0.3) is 0 Å². The van der Waals surface area contributed by atoms with Crippen LogP contribution in [0.4, 0.5) is 0 Å². The molecule has 0 heterocycles. The number of benzene rings is 1. The molecule has 42 heavy (non-hydrogen) atoms. The molecule has 0 saturated carbocycles. The van der Waals surface area contributed by atoms with E-state index in [0.717, 1.165) is 0 Å². The molecule has 1 rings (SSSR count). The van der Waals surface area contributed by atoms with Crippen molar-refractivity contribution in [1.29, 1.82) is 0 Å². The van der Waals surface area contributed by atoms with E-state index >= 15 is 0 Å². The standard InChI is InChI=1S/C20H26N18O4/c1-40-18(39)17-3-15(5-41-13-19(7-27-33-21,8-28-34-22)9-29-35-23)2-16(4-17)6-42-14-20(10-30-36-24,11-31-37-25)12-32-38-26/h2-4H,5-14H2,1H3. The first-order chi connectivity index (χ1) is 20.4. The number of hydrogen-bond donors (Lipinski definition) is 0. The summed E-state index contributed by atoms with van der Waals surface area (Å²) in [6, 6.07) is 4.74. The Morgan fingerprint density at radius 1 is 0.619 bits per heavy atom. The lowest BCUT2D eigenvalue weighted by molar-refractivity contribution is 0.0430. The zero-order chi connectivity index (χ0) is 31.1. The number of methoxy groups -OCH3 is 1. The number of carbonyl (C=O) groups excluding carboxylic acids is 1. The molecule has 0 aliphatic rings. The van der Waals surface area contributed by atoms with Gasteiger partial charge in [-0.05, 0) is 56.4 Å². The van der Waals surface area contributed by atoms with Crippen LogP contribution in [-0.2, 0) is 27.4 Å². The molecule has 0 radical (unpaired) electrons. The Labute approximate surface area is 237 Å². The van der Waals surface area contributed by atoms with E-state index < -0.39 is 16.8 Å². The van der Waals surface area contributed by atoms with E-state index in [0.29, 0.717) is 11.1 Å². The highest BCUT2D eigenvalue weighted by Gasteiger charge is 2.30. The number of rotatable bonds is 21. The second-order valence-electron chi connectivity index (χ2n) is 8.85. The topological polar surface area (TPSA) is 337 Å². The number of azide groups is 6. The van der Waals surface area contributed by atoms with Crippen molar-refractivity contribution >= 4 is 5.97 Å². The first-order valence-electron chi connectivity index (χ1n) is 11.8. The Hall–Kier alpha value is -5.53. The molecule has 0 aromatic heterocycles. The lowest BCUT2D eigenvalue weighted by Gasteiger charge is -2.29. The third-order valence-corrected chi connectivity index (χ3v) is 5.64. The van der Waals surface area contributed by atoms with Gasteiger partial charge < -0.3 is 14.2 Å².